The second-order valence-electron chi connectivity index (χ2n) is 4.32. The Hall–Kier alpha value is -1.29. The highest BCUT2D eigenvalue weighted by Crippen LogP contribution is 2.25. The van der Waals surface area contributed by atoms with Gasteiger partial charge in [0.15, 0.2) is 0 Å². The highest BCUT2D eigenvalue weighted by molar-refractivity contribution is 6.44. The Labute approximate surface area is 136 Å². The molecule has 6 heteroatoms. The number of carbonyl (C=O) groups excluding carboxylic acids is 1. The number of hydrogen-bond acceptors (Lipinski definition) is 1. The lowest BCUT2D eigenvalue weighted by Crippen LogP contribution is -2.32. The van der Waals surface area contributed by atoms with Crippen LogP contribution >= 0.6 is 34.8 Å². The molecule has 0 saturated carbocycles. The van der Waals surface area contributed by atoms with Gasteiger partial charge in [-0.15, -0.1) is 23.2 Å². The van der Waals surface area contributed by atoms with Crippen LogP contribution in [0.4, 0.5) is 4.39 Å². The third-order valence-corrected chi connectivity index (χ3v) is 3.72. The van der Waals surface area contributed by atoms with Crippen molar-refractivity contribution in [1.82, 2.24) is 5.32 Å². The lowest BCUT2D eigenvalue weighted by atomic mass is 10.1. The summed E-state index contributed by atoms with van der Waals surface area (Å²) in [7, 11) is 0. The SMILES string of the molecule is O=C(N[C@@H](c1ccc(F)cc1)C(Cl)Cl)c1ccccc1Cl. The Morgan fingerprint density at radius 2 is 1.67 bits per heavy atom. The molecule has 1 amide bonds. The molecule has 110 valence electrons. The maximum Gasteiger partial charge on any atom is 0.253 e. The van der Waals surface area contributed by atoms with Crippen LogP contribution in [0.2, 0.25) is 5.02 Å². The van der Waals surface area contributed by atoms with E-state index in [9.17, 15) is 9.18 Å². The third-order valence-electron chi connectivity index (χ3n) is 2.89. The first-order chi connectivity index (χ1) is 9.99. The number of carbonyl (C=O) groups is 1. The molecule has 2 rings (SSSR count). The van der Waals surface area contributed by atoms with Crippen molar-refractivity contribution in [2.45, 2.75) is 10.9 Å². The van der Waals surface area contributed by atoms with Gasteiger partial charge in [0, 0.05) is 0 Å². The summed E-state index contributed by atoms with van der Waals surface area (Å²) in [5.74, 6) is -0.781. The van der Waals surface area contributed by atoms with E-state index in [0.717, 1.165) is 0 Å². The summed E-state index contributed by atoms with van der Waals surface area (Å²) in [4.78, 5) is 11.3. The molecule has 0 saturated heterocycles. The number of nitrogens with one attached hydrogen (secondary N) is 1. The largest absolute Gasteiger partial charge is 0.342 e. The first-order valence-electron chi connectivity index (χ1n) is 6.08. The minimum absolute atomic E-state index is 0.320. The summed E-state index contributed by atoms with van der Waals surface area (Å²) in [5, 5.41) is 3.03. The minimum atomic E-state index is -0.887. The Morgan fingerprint density at radius 3 is 2.24 bits per heavy atom. The van der Waals surface area contributed by atoms with E-state index in [4.69, 9.17) is 34.8 Å². The highest BCUT2D eigenvalue weighted by atomic mass is 35.5. The van der Waals surface area contributed by atoms with Gasteiger partial charge in [-0.05, 0) is 29.8 Å². The van der Waals surface area contributed by atoms with Crippen LogP contribution in [-0.2, 0) is 0 Å². The molecule has 0 radical (unpaired) electrons. The predicted octanol–water partition coefficient (Wildman–Crippen LogP) is 4.75. The normalized spacial score (nSPS) is 12.2. The molecule has 0 aromatic heterocycles. The zero-order valence-electron chi connectivity index (χ0n) is 10.7. The van der Waals surface area contributed by atoms with Gasteiger partial charge in [0.1, 0.15) is 10.7 Å². The number of amides is 1. The van der Waals surface area contributed by atoms with E-state index in [0.29, 0.717) is 16.1 Å². The molecule has 1 N–H and O–H groups in total. The molecule has 0 spiro atoms. The topological polar surface area (TPSA) is 29.1 Å². The van der Waals surface area contributed by atoms with Crippen LogP contribution in [0.5, 0.6) is 0 Å². The van der Waals surface area contributed by atoms with Gasteiger partial charge in [0.2, 0.25) is 0 Å². The fraction of sp³-hybridized carbons (Fsp3) is 0.133. The van der Waals surface area contributed by atoms with Crippen molar-refractivity contribution in [1.29, 1.82) is 0 Å². The van der Waals surface area contributed by atoms with Gasteiger partial charge in [0.05, 0.1) is 16.6 Å². The third kappa shape index (κ3) is 4.10. The molecule has 0 aliphatic carbocycles. The van der Waals surface area contributed by atoms with E-state index in [1.165, 1.54) is 24.3 Å². The number of hydrogen-bond donors (Lipinski definition) is 1. The summed E-state index contributed by atoms with van der Waals surface area (Å²) < 4.78 is 13.0. The Bertz CT molecular complexity index is 631. The van der Waals surface area contributed by atoms with Crippen molar-refractivity contribution in [2.24, 2.45) is 0 Å². The summed E-state index contributed by atoms with van der Waals surface area (Å²) in [6.07, 6.45) is 0. The van der Waals surface area contributed by atoms with Gasteiger partial charge >= 0.3 is 0 Å². The second kappa shape index (κ2) is 7.12. The van der Waals surface area contributed by atoms with Crippen molar-refractivity contribution < 1.29 is 9.18 Å². The van der Waals surface area contributed by atoms with Crippen LogP contribution in [0, 0.1) is 5.82 Å². The summed E-state index contributed by atoms with van der Waals surface area (Å²) in [6.45, 7) is 0. The first-order valence-corrected chi connectivity index (χ1v) is 7.33. The second-order valence-corrected chi connectivity index (χ2v) is 5.89. The molecule has 0 fully saturated rings. The van der Waals surface area contributed by atoms with Crippen LogP contribution in [0.1, 0.15) is 22.0 Å². The molecule has 2 aromatic carbocycles. The van der Waals surface area contributed by atoms with Gasteiger partial charge in [0.25, 0.3) is 5.91 Å². The monoisotopic (exact) mass is 345 g/mol. The molecule has 21 heavy (non-hydrogen) atoms. The van der Waals surface area contributed by atoms with Gasteiger partial charge in [-0.2, -0.15) is 0 Å². The molecule has 1 atom stereocenters. The maximum absolute atomic E-state index is 13.0. The van der Waals surface area contributed by atoms with Crippen molar-refractivity contribution in [3.63, 3.8) is 0 Å². The molecule has 2 nitrogen and oxygen atoms in total. The molecule has 0 unspecified atom stereocenters. The van der Waals surface area contributed by atoms with Crippen LogP contribution in [-0.4, -0.2) is 10.7 Å². The van der Waals surface area contributed by atoms with Crippen LogP contribution in [0.15, 0.2) is 48.5 Å². The fourth-order valence-electron chi connectivity index (χ4n) is 1.83. The van der Waals surface area contributed by atoms with Crippen LogP contribution in [0.25, 0.3) is 0 Å². The van der Waals surface area contributed by atoms with Crippen LogP contribution < -0.4 is 5.32 Å². The molecule has 0 heterocycles. The van der Waals surface area contributed by atoms with Crippen LogP contribution in [0.3, 0.4) is 0 Å². The predicted molar refractivity (Wildman–Crippen MR) is 83.6 cm³/mol. The Morgan fingerprint density at radius 1 is 1.05 bits per heavy atom. The van der Waals surface area contributed by atoms with Crippen molar-refractivity contribution in [3.05, 3.63) is 70.5 Å². The standard InChI is InChI=1S/C15H11Cl3FNO/c16-12-4-2-1-3-11(12)15(21)20-13(14(17)18)9-5-7-10(19)8-6-9/h1-8,13-14H,(H,20,21)/t13-/m0/s1. The Balaban J connectivity index is 2.23. The lowest BCUT2D eigenvalue weighted by molar-refractivity contribution is 0.0939. The average molecular weight is 347 g/mol. The first kappa shape index (κ1) is 16.1. The van der Waals surface area contributed by atoms with Crippen molar-refractivity contribution >= 4 is 40.7 Å². The number of alkyl halides is 2. The molecule has 2 aromatic rings. The average Bonchev–Trinajstić information content (AvgIpc) is 2.46. The van der Waals surface area contributed by atoms with Gasteiger partial charge in [-0.1, -0.05) is 35.9 Å². The van der Waals surface area contributed by atoms with Crippen molar-refractivity contribution in [3.8, 4) is 0 Å². The quantitative estimate of drug-likeness (QED) is 0.795. The van der Waals surface area contributed by atoms with E-state index < -0.39 is 16.8 Å². The minimum Gasteiger partial charge on any atom is -0.342 e. The summed E-state index contributed by atoms with van der Waals surface area (Å²) in [5.41, 5.74) is 0.923. The fourth-order valence-corrected chi connectivity index (χ4v) is 2.46. The number of benzene rings is 2. The van der Waals surface area contributed by atoms with Gasteiger partial charge in [-0.25, -0.2) is 4.39 Å². The number of halogens is 4. The smallest absolute Gasteiger partial charge is 0.253 e. The van der Waals surface area contributed by atoms with E-state index in [2.05, 4.69) is 5.32 Å². The molecule has 0 aliphatic rings. The lowest BCUT2D eigenvalue weighted by Gasteiger charge is -2.20. The zero-order chi connectivity index (χ0) is 15.4. The van der Waals surface area contributed by atoms with Gasteiger partial charge < -0.3 is 5.32 Å². The van der Waals surface area contributed by atoms with E-state index in [1.807, 2.05) is 0 Å². The van der Waals surface area contributed by atoms with Gasteiger partial charge in [-0.3, -0.25) is 4.79 Å². The van der Waals surface area contributed by atoms with E-state index >= 15 is 0 Å². The zero-order valence-corrected chi connectivity index (χ0v) is 13.0. The molecular weight excluding hydrogens is 336 g/mol. The summed E-state index contributed by atoms with van der Waals surface area (Å²) >= 11 is 17.8. The number of rotatable bonds is 4. The highest BCUT2D eigenvalue weighted by Gasteiger charge is 2.23. The Kier molecular flexibility index (Phi) is 5.45. The molecular formula is C15H11Cl3FNO. The molecule has 0 aliphatic heterocycles. The van der Waals surface area contributed by atoms with Crippen molar-refractivity contribution in [2.75, 3.05) is 0 Å². The van der Waals surface area contributed by atoms with E-state index in [1.54, 1.807) is 24.3 Å². The maximum atomic E-state index is 13.0. The molecule has 0 bridgehead atoms. The van der Waals surface area contributed by atoms with E-state index in [-0.39, 0.29) is 5.82 Å². The summed E-state index contributed by atoms with van der Waals surface area (Å²) in [6, 6.07) is 11.6.